The number of carbonyl (C=O) groups excluding carboxylic acids is 1. The Morgan fingerprint density at radius 2 is 2.38 bits per heavy atom. The number of aldehydes is 1. The molecule has 3 heteroatoms. The van der Waals surface area contributed by atoms with E-state index in [0.29, 0.717) is 16.6 Å². The number of benzene rings is 1. The molecule has 1 atom stereocenters. The molecule has 1 saturated heterocycles. The molecule has 1 unspecified atom stereocenters. The van der Waals surface area contributed by atoms with Gasteiger partial charge in [-0.25, -0.2) is 0 Å². The highest BCUT2D eigenvalue weighted by molar-refractivity contribution is 6.33. The van der Waals surface area contributed by atoms with Gasteiger partial charge in [-0.1, -0.05) is 18.5 Å². The molecule has 0 radical (unpaired) electrons. The number of hydrogen-bond acceptors (Lipinski definition) is 2. The van der Waals surface area contributed by atoms with Crippen molar-refractivity contribution in [3.05, 3.63) is 28.8 Å². The Bertz CT molecular complexity index is 392. The molecule has 2 rings (SSSR count). The zero-order valence-corrected chi connectivity index (χ0v) is 10.2. The molecular formula is C13H16ClNO. The molecule has 0 N–H and O–H groups in total. The van der Waals surface area contributed by atoms with Crippen LogP contribution in [0.4, 0.5) is 5.69 Å². The van der Waals surface area contributed by atoms with Crippen LogP contribution in [-0.4, -0.2) is 18.9 Å². The molecule has 0 amide bonds. The molecule has 1 heterocycles. The van der Waals surface area contributed by atoms with Crippen LogP contribution in [0.3, 0.4) is 0 Å². The summed E-state index contributed by atoms with van der Waals surface area (Å²) >= 11 is 6.21. The van der Waals surface area contributed by atoms with Crippen LogP contribution in [0.25, 0.3) is 0 Å². The topological polar surface area (TPSA) is 20.3 Å². The average molecular weight is 238 g/mol. The van der Waals surface area contributed by atoms with Crippen molar-refractivity contribution in [3.63, 3.8) is 0 Å². The fourth-order valence-corrected chi connectivity index (χ4v) is 2.70. The molecule has 1 fully saturated rings. The summed E-state index contributed by atoms with van der Waals surface area (Å²) < 4.78 is 0. The quantitative estimate of drug-likeness (QED) is 0.750. The first-order chi connectivity index (χ1) is 7.76. The molecule has 1 aromatic rings. The molecule has 86 valence electrons. The predicted molar refractivity (Wildman–Crippen MR) is 67.5 cm³/mol. The van der Waals surface area contributed by atoms with E-state index in [9.17, 15) is 4.79 Å². The maximum Gasteiger partial charge on any atom is 0.150 e. The van der Waals surface area contributed by atoms with Gasteiger partial charge < -0.3 is 4.90 Å². The van der Waals surface area contributed by atoms with Crippen molar-refractivity contribution in [1.29, 1.82) is 0 Å². The Morgan fingerprint density at radius 3 is 3.00 bits per heavy atom. The normalized spacial score (nSPS) is 20.1. The van der Waals surface area contributed by atoms with Gasteiger partial charge >= 0.3 is 0 Å². The summed E-state index contributed by atoms with van der Waals surface area (Å²) in [6, 6.07) is 6.13. The van der Waals surface area contributed by atoms with Crippen LogP contribution in [-0.2, 0) is 0 Å². The first kappa shape index (κ1) is 11.5. The minimum atomic E-state index is 0.597. The van der Waals surface area contributed by atoms with Crippen LogP contribution in [0.15, 0.2) is 18.2 Å². The van der Waals surface area contributed by atoms with Gasteiger partial charge in [0, 0.05) is 18.2 Å². The van der Waals surface area contributed by atoms with Crippen LogP contribution < -0.4 is 4.90 Å². The SMILES string of the molecule is CCC1CCCN1c1ccc(C=O)cc1Cl. The van der Waals surface area contributed by atoms with Gasteiger partial charge in [0.25, 0.3) is 0 Å². The van der Waals surface area contributed by atoms with Crippen molar-refractivity contribution in [3.8, 4) is 0 Å². The summed E-state index contributed by atoms with van der Waals surface area (Å²) in [6.45, 7) is 3.27. The lowest BCUT2D eigenvalue weighted by Crippen LogP contribution is -2.28. The summed E-state index contributed by atoms with van der Waals surface area (Å²) in [4.78, 5) is 13.0. The van der Waals surface area contributed by atoms with Crippen molar-refractivity contribution in [2.24, 2.45) is 0 Å². The highest BCUT2D eigenvalue weighted by Crippen LogP contribution is 2.33. The van der Waals surface area contributed by atoms with E-state index in [1.807, 2.05) is 12.1 Å². The third-order valence-corrected chi connectivity index (χ3v) is 3.57. The zero-order chi connectivity index (χ0) is 11.5. The molecule has 0 saturated carbocycles. The summed E-state index contributed by atoms with van der Waals surface area (Å²) in [5.74, 6) is 0. The number of rotatable bonds is 3. The van der Waals surface area contributed by atoms with Gasteiger partial charge in [0.1, 0.15) is 6.29 Å². The molecule has 0 aromatic heterocycles. The van der Waals surface area contributed by atoms with E-state index in [2.05, 4.69) is 11.8 Å². The van der Waals surface area contributed by atoms with Gasteiger partial charge in [-0.05, 0) is 37.5 Å². The fourth-order valence-electron chi connectivity index (χ4n) is 2.41. The van der Waals surface area contributed by atoms with Crippen molar-refractivity contribution >= 4 is 23.6 Å². The highest BCUT2D eigenvalue weighted by Gasteiger charge is 2.24. The summed E-state index contributed by atoms with van der Waals surface area (Å²) in [5, 5.41) is 0.685. The average Bonchev–Trinajstić information content (AvgIpc) is 2.76. The summed E-state index contributed by atoms with van der Waals surface area (Å²) in [6.07, 6.45) is 4.44. The van der Waals surface area contributed by atoms with Gasteiger partial charge in [-0.2, -0.15) is 0 Å². The number of halogens is 1. The monoisotopic (exact) mass is 237 g/mol. The lowest BCUT2D eigenvalue weighted by atomic mass is 10.1. The molecule has 1 aliphatic rings. The van der Waals surface area contributed by atoms with E-state index < -0.39 is 0 Å². The molecule has 0 spiro atoms. The Balaban J connectivity index is 2.29. The number of hydrogen-bond donors (Lipinski definition) is 0. The molecule has 2 nitrogen and oxygen atoms in total. The van der Waals surface area contributed by atoms with E-state index in [0.717, 1.165) is 24.9 Å². The van der Waals surface area contributed by atoms with Crippen LogP contribution >= 0.6 is 11.6 Å². The number of nitrogens with zero attached hydrogens (tertiary/aromatic N) is 1. The Hall–Kier alpha value is -1.02. The first-order valence-electron chi connectivity index (χ1n) is 5.77. The molecule has 0 bridgehead atoms. The second-order valence-electron chi connectivity index (χ2n) is 4.23. The van der Waals surface area contributed by atoms with Crippen molar-refractivity contribution in [1.82, 2.24) is 0 Å². The van der Waals surface area contributed by atoms with Gasteiger partial charge in [0.05, 0.1) is 10.7 Å². The predicted octanol–water partition coefficient (Wildman–Crippen LogP) is 3.53. The van der Waals surface area contributed by atoms with Crippen molar-refractivity contribution < 1.29 is 4.79 Å². The Morgan fingerprint density at radius 1 is 1.56 bits per heavy atom. The third kappa shape index (κ3) is 2.07. The van der Waals surface area contributed by atoms with E-state index in [4.69, 9.17) is 11.6 Å². The Labute approximate surface area is 101 Å². The Kier molecular flexibility index (Phi) is 3.49. The number of carbonyl (C=O) groups is 1. The van der Waals surface area contributed by atoms with Crippen LogP contribution in [0, 0.1) is 0 Å². The van der Waals surface area contributed by atoms with Gasteiger partial charge in [0.2, 0.25) is 0 Å². The minimum absolute atomic E-state index is 0.597. The van der Waals surface area contributed by atoms with E-state index in [-0.39, 0.29) is 0 Å². The molecule has 16 heavy (non-hydrogen) atoms. The molecule has 1 aliphatic heterocycles. The summed E-state index contributed by atoms with van der Waals surface area (Å²) in [5.41, 5.74) is 1.71. The van der Waals surface area contributed by atoms with Gasteiger partial charge in [-0.15, -0.1) is 0 Å². The lowest BCUT2D eigenvalue weighted by Gasteiger charge is -2.26. The highest BCUT2D eigenvalue weighted by atomic mass is 35.5. The molecule has 0 aliphatic carbocycles. The van der Waals surface area contributed by atoms with E-state index in [1.54, 1.807) is 6.07 Å². The lowest BCUT2D eigenvalue weighted by molar-refractivity contribution is 0.112. The van der Waals surface area contributed by atoms with Crippen molar-refractivity contribution in [2.45, 2.75) is 32.2 Å². The largest absolute Gasteiger partial charge is 0.367 e. The van der Waals surface area contributed by atoms with Gasteiger partial charge in [0.15, 0.2) is 0 Å². The van der Waals surface area contributed by atoms with Crippen LogP contribution in [0.5, 0.6) is 0 Å². The fraction of sp³-hybridized carbons (Fsp3) is 0.462. The standard InChI is InChI=1S/C13H16ClNO/c1-2-11-4-3-7-15(11)13-6-5-10(9-16)8-12(13)14/h5-6,8-9,11H,2-4,7H2,1H3. The summed E-state index contributed by atoms with van der Waals surface area (Å²) in [7, 11) is 0. The second-order valence-corrected chi connectivity index (χ2v) is 4.63. The van der Waals surface area contributed by atoms with E-state index >= 15 is 0 Å². The smallest absolute Gasteiger partial charge is 0.150 e. The third-order valence-electron chi connectivity index (χ3n) is 3.27. The van der Waals surface area contributed by atoms with E-state index in [1.165, 1.54) is 12.8 Å². The van der Waals surface area contributed by atoms with Gasteiger partial charge in [-0.3, -0.25) is 4.79 Å². The second kappa shape index (κ2) is 4.88. The molecular weight excluding hydrogens is 222 g/mol. The van der Waals surface area contributed by atoms with Crippen LogP contribution in [0.2, 0.25) is 5.02 Å². The van der Waals surface area contributed by atoms with Crippen LogP contribution in [0.1, 0.15) is 36.5 Å². The molecule has 1 aromatic carbocycles. The first-order valence-corrected chi connectivity index (χ1v) is 6.15. The maximum absolute atomic E-state index is 10.6. The van der Waals surface area contributed by atoms with Crippen molar-refractivity contribution in [2.75, 3.05) is 11.4 Å². The zero-order valence-electron chi connectivity index (χ0n) is 9.45. The maximum atomic E-state index is 10.6. The number of anilines is 1. The minimum Gasteiger partial charge on any atom is -0.367 e.